The van der Waals surface area contributed by atoms with E-state index in [-0.39, 0.29) is 29.8 Å². The largest absolute Gasteiger partial charge is 0.440 e. The molecular weight excluding hydrogens is 410 g/mol. The Kier molecular flexibility index (Phi) is 6.51. The lowest BCUT2D eigenvalue weighted by Crippen LogP contribution is -2.30. The summed E-state index contributed by atoms with van der Waals surface area (Å²) in [4.78, 5) is 17.8. The lowest BCUT2D eigenvalue weighted by atomic mass is 10.2. The first-order valence-corrected chi connectivity index (χ1v) is 11.5. The summed E-state index contributed by atoms with van der Waals surface area (Å²) in [7, 11) is -3.58. The van der Waals surface area contributed by atoms with E-state index in [0.717, 1.165) is 4.88 Å². The van der Waals surface area contributed by atoms with Gasteiger partial charge in [-0.3, -0.25) is 4.79 Å². The number of carbonyl (C=O) groups excluding carboxylic acids is 1. The fourth-order valence-corrected chi connectivity index (χ4v) is 4.68. The van der Waals surface area contributed by atoms with Gasteiger partial charge in [-0.25, -0.2) is 18.1 Å². The minimum absolute atomic E-state index is 0.0909. The highest BCUT2D eigenvalue weighted by Gasteiger charge is 2.17. The number of nitrogens with zero attached hydrogens (tertiary/aromatic N) is 1. The molecule has 7 nitrogen and oxygen atoms in total. The van der Waals surface area contributed by atoms with Gasteiger partial charge >= 0.3 is 0 Å². The van der Waals surface area contributed by atoms with Crippen molar-refractivity contribution in [2.24, 2.45) is 0 Å². The van der Waals surface area contributed by atoms with Gasteiger partial charge in [0.05, 0.1) is 21.9 Å². The lowest BCUT2D eigenvalue weighted by Gasteiger charge is -2.11. The van der Waals surface area contributed by atoms with Crippen molar-refractivity contribution in [2.45, 2.75) is 44.7 Å². The summed E-state index contributed by atoms with van der Waals surface area (Å²) in [6, 6.07) is 10.1. The normalized spacial score (nSPS) is 11.7. The highest BCUT2D eigenvalue weighted by molar-refractivity contribution is 7.89. The Morgan fingerprint density at radius 1 is 1.24 bits per heavy atom. The monoisotopic (exact) mass is 433 g/mol. The van der Waals surface area contributed by atoms with Crippen LogP contribution in [0.3, 0.4) is 0 Å². The van der Waals surface area contributed by atoms with Crippen LogP contribution in [0.15, 0.2) is 51.1 Å². The van der Waals surface area contributed by atoms with Gasteiger partial charge in [-0.15, -0.1) is 11.3 Å². The smallest absolute Gasteiger partial charge is 0.240 e. The van der Waals surface area contributed by atoms with Crippen molar-refractivity contribution in [3.05, 3.63) is 58.8 Å². The maximum atomic E-state index is 12.3. The molecule has 3 aromatic rings. The third-order valence-electron chi connectivity index (χ3n) is 4.04. The molecule has 0 radical (unpaired) electrons. The summed E-state index contributed by atoms with van der Waals surface area (Å²) in [5.41, 5.74) is 1.28. The number of oxazole rings is 1. The molecule has 0 atom stereocenters. The number of hydrogen-bond donors (Lipinski definition) is 2. The molecule has 9 heteroatoms. The van der Waals surface area contributed by atoms with Gasteiger partial charge in [0.2, 0.25) is 21.8 Å². The van der Waals surface area contributed by atoms with Gasteiger partial charge in [-0.2, -0.15) is 0 Å². The average Bonchev–Trinajstić information content (AvgIpc) is 3.30. The van der Waals surface area contributed by atoms with Gasteiger partial charge in [-0.05, 0) is 49.9 Å². The molecule has 3 rings (SSSR count). The zero-order chi connectivity index (χ0) is 21.0. The van der Waals surface area contributed by atoms with E-state index < -0.39 is 10.0 Å². The fourth-order valence-electron chi connectivity index (χ4n) is 2.71. The number of benzene rings is 1. The molecule has 2 heterocycles. The summed E-state index contributed by atoms with van der Waals surface area (Å²) in [6.07, 6.45) is 0.0909. The Bertz CT molecular complexity index is 1090. The first-order valence-electron chi connectivity index (χ1n) is 9.13. The minimum atomic E-state index is -3.58. The van der Waals surface area contributed by atoms with Gasteiger partial charge in [0.15, 0.2) is 0 Å². The van der Waals surface area contributed by atoms with Crippen molar-refractivity contribution in [1.82, 2.24) is 15.0 Å². The SMILES string of the molecule is Cc1oc(-c2cccs2)nc1CC(=O)NCc1cccc(S(=O)(=O)NC(C)C)c1. The Balaban J connectivity index is 1.62. The van der Waals surface area contributed by atoms with Crippen LogP contribution in [-0.2, 0) is 27.8 Å². The van der Waals surface area contributed by atoms with Crippen molar-refractivity contribution < 1.29 is 17.6 Å². The van der Waals surface area contributed by atoms with E-state index in [0.29, 0.717) is 22.9 Å². The van der Waals surface area contributed by atoms with Crippen LogP contribution in [0.2, 0.25) is 0 Å². The summed E-state index contributed by atoms with van der Waals surface area (Å²) in [5.74, 6) is 0.903. The molecule has 1 aromatic carbocycles. The van der Waals surface area contributed by atoms with E-state index in [2.05, 4.69) is 15.0 Å². The number of hydrogen-bond acceptors (Lipinski definition) is 6. The number of aryl methyl sites for hydroxylation is 1. The van der Waals surface area contributed by atoms with Crippen molar-refractivity contribution in [3.63, 3.8) is 0 Å². The molecule has 2 N–H and O–H groups in total. The van der Waals surface area contributed by atoms with E-state index >= 15 is 0 Å². The molecule has 2 aromatic heterocycles. The van der Waals surface area contributed by atoms with Crippen LogP contribution < -0.4 is 10.0 Å². The second kappa shape index (κ2) is 8.89. The van der Waals surface area contributed by atoms with E-state index in [1.807, 2.05) is 17.5 Å². The summed E-state index contributed by atoms with van der Waals surface area (Å²) < 4.78 is 32.8. The summed E-state index contributed by atoms with van der Waals surface area (Å²) in [5, 5.41) is 4.74. The minimum Gasteiger partial charge on any atom is -0.440 e. The van der Waals surface area contributed by atoms with E-state index in [1.54, 1.807) is 39.0 Å². The van der Waals surface area contributed by atoms with Crippen molar-refractivity contribution in [1.29, 1.82) is 0 Å². The fraction of sp³-hybridized carbons (Fsp3) is 0.300. The predicted octanol–water partition coefficient (Wildman–Crippen LogP) is 3.26. The Labute approximate surface area is 174 Å². The summed E-state index contributed by atoms with van der Waals surface area (Å²) in [6.45, 7) is 5.52. The van der Waals surface area contributed by atoms with Crippen molar-refractivity contribution in [2.75, 3.05) is 0 Å². The van der Waals surface area contributed by atoms with Gasteiger partial charge in [0.1, 0.15) is 5.76 Å². The third-order valence-corrected chi connectivity index (χ3v) is 6.56. The lowest BCUT2D eigenvalue weighted by molar-refractivity contribution is -0.120. The van der Waals surface area contributed by atoms with Crippen LogP contribution in [0.25, 0.3) is 10.8 Å². The maximum Gasteiger partial charge on any atom is 0.240 e. The van der Waals surface area contributed by atoms with Crippen LogP contribution in [0.4, 0.5) is 0 Å². The second-order valence-corrected chi connectivity index (χ2v) is 9.54. The van der Waals surface area contributed by atoms with Crippen LogP contribution in [0.1, 0.15) is 30.9 Å². The molecule has 0 bridgehead atoms. The number of aromatic nitrogens is 1. The van der Waals surface area contributed by atoms with Crippen LogP contribution >= 0.6 is 11.3 Å². The Morgan fingerprint density at radius 2 is 2.03 bits per heavy atom. The molecule has 0 saturated carbocycles. The summed E-state index contributed by atoms with van der Waals surface area (Å²) >= 11 is 1.52. The van der Waals surface area contributed by atoms with Crippen molar-refractivity contribution in [3.8, 4) is 10.8 Å². The predicted molar refractivity (Wildman–Crippen MR) is 112 cm³/mol. The molecule has 0 aliphatic heterocycles. The highest BCUT2D eigenvalue weighted by atomic mass is 32.2. The zero-order valence-electron chi connectivity index (χ0n) is 16.4. The molecule has 154 valence electrons. The number of rotatable bonds is 8. The number of amides is 1. The first-order chi connectivity index (χ1) is 13.7. The Hall–Kier alpha value is -2.49. The van der Waals surface area contributed by atoms with E-state index in [4.69, 9.17) is 4.42 Å². The number of sulfonamides is 1. The molecule has 1 amide bonds. The second-order valence-electron chi connectivity index (χ2n) is 6.88. The van der Waals surface area contributed by atoms with Gasteiger partial charge in [0.25, 0.3) is 0 Å². The van der Waals surface area contributed by atoms with Gasteiger partial charge < -0.3 is 9.73 Å². The van der Waals surface area contributed by atoms with Crippen LogP contribution in [0.5, 0.6) is 0 Å². The molecule has 0 fully saturated rings. The number of carbonyl (C=O) groups is 1. The molecular formula is C20H23N3O4S2. The first kappa shape index (κ1) is 21.2. The van der Waals surface area contributed by atoms with Gasteiger partial charge in [0, 0.05) is 12.6 Å². The van der Waals surface area contributed by atoms with Gasteiger partial charge in [-0.1, -0.05) is 18.2 Å². The van der Waals surface area contributed by atoms with E-state index in [9.17, 15) is 13.2 Å². The van der Waals surface area contributed by atoms with Crippen LogP contribution in [0, 0.1) is 6.92 Å². The highest BCUT2D eigenvalue weighted by Crippen LogP contribution is 2.26. The molecule has 0 saturated heterocycles. The maximum absolute atomic E-state index is 12.3. The standard InChI is InChI=1S/C20H23N3O4S2/c1-13(2)23-29(25,26)16-7-4-6-15(10-16)12-21-19(24)11-17-14(3)27-20(22-17)18-8-5-9-28-18/h4-10,13,23H,11-12H2,1-3H3,(H,21,24). The zero-order valence-corrected chi connectivity index (χ0v) is 18.1. The molecule has 0 aliphatic carbocycles. The van der Waals surface area contributed by atoms with Crippen molar-refractivity contribution >= 4 is 27.3 Å². The molecule has 0 spiro atoms. The molecule has 29 heavy (non-hydrogen) atoms. The quantitative estimate of drug-likeness (QED) is 0.568. The van der Waals surface area contributed by atoms with E-state index in [1.165, 1.54) is 17.4 Å². The molecule has 0 unspecified atom stereocenters. The number of nitrogens with one attached hydrogen (secondary N) is 2. The Morgan fingerprint density at radius 3 is 2.72 bits per heavy atom. The molecule has 0 aliphatic rings. The number of thiophene rings is 1. The third kappa shape index (κ3) is 5.53. The topological polar surface area (TPSA) is 101 Å². The van der Waals surface area contributed by atoms with Crippen LogP contribution in [-0.4, -0.2) is 25.4 Å². The average molecular weight is 434 g/mol.